The monoisotopic (exact) mass is 372 g/mol. The Morgan fingerprint density at radius 3 is 1.92 bits per heavy atom. The largest absolute Gasteiger partial charge is 0.307 e. The highest BCUT2D eigenvalue weighted by atomic mass is 32.2. The average molecular weight is 373 g/mol. The fourth-order valence-electron chi connectivity index (χ4n) is 6.86. The third-order valence-electron chi connectivity index (χ3n) is 7.54. The van der Waals surface area contributed by atoms with Crippen molar-refractivity contribution in [2.24, 2.45) is 29.1 Å². The standard InChI is InChI=1S/C19H29FO4S/c20-19(25(22,23)24,12-13-4-2-1-3-5-13)17(21)18-9-14-6-15(10-18)8-16(7-14)11-18/h13-16H,1-12H2,(H,22,23,24). The first-order chi connectivity index (χ1) is 11.7. The predicted octanol–water partition coefficient (Wildman–Crippen LogP) is 4.30. The number of Topliss-reactive ketones (excluding diaryl/α,β-unsaturated/α-hetero) is 1. The Morgan fingerprint density at radius 2 is 1.48 bits per heavy atom. The van der Waals surface area contributed by atoms with E-state index in [2.05, 4.69) is 0 Å². The molecule has 1 unspecified atom stereocenters. The van der Waals surface area contributed by atoms with Crippen molar-refractivity contribution in [3.8, 4) is 0 Å². The van der Waals surface area contributed by atoms with Gasteiger partial charge in [-0.05, 0) is 62.2 Å². The molecule has 0 aromatic rings. The first-order valence-corrected chi connectivity index (χ1v) is 11.4. The van der Waals surface area contributed by atoms with Crippen LogP contribution in [0.25, 0.3) is 0 Å². The molecule has 25 heavy (non-hydrogen) atoms. The van der Waals surface area contributed by atoms with Gasteiger partial charge >= 0.3 is 10.1 Å². The van der Waals surface area contributed by atoms with E-state index in [-0.39, 0.29) is 12.3 Å². The van der Waals surface area contributed by atoms with Gasteiger partial charge in [0.1, 0.15) is 0 Å². The SMILES string of the molecule is O=C(C12CC3CC(CC(C3)C1)C2)C(F)(CC1CCCCC1)S(=O)(=O)O. The molecule has 0 radical (unpaired) electrons. The predicted molar refractivity (Wildman–Crippen MR) is 92.2 cm³/mol. The molecule has 0 heterocycles. The van der Waals surface area contributed by atoms with Gasteiger partial charge < -0.3 is 0 Å². The molecular formula is C19H29FO4S. The van der Waals surface area contributed by atoms with E-state index in [4.69, 9.17) is 0 Å². The highest BCUT2D eigenvalue weighted by Gasteiger charge is 2.63. The van der Waals surface area contributed by atoms with Crippen LogP contribution >= 0.6 is 0 Å². The lowest BCUT2D eigenvalue weighted by atomic mass is 9.48. The Labute approximate surface area is 149 Å². The number of carbonyl (C=O) groups excluding carboxylic acids is 1. The van der Waals surface area contributed by atoms with Crippen LogP contribution in [-0.4, -0.2) is 23.8 Å². The van der Waals surface area contributed by atoms with Crippen LogP contribution in [-0.2, 0) is 14.9 Å². The van der Waals surface area contributed by atoms with E-state index >= 15 is 4.39 Å². The summed E-state index contributed by atoms with van der Waals surface area (Å²) in [7, 11) is -5.07. The van der Waals surface area contributed by atoms with Crippen molar-refractivity contribution >= 4 is 15.9 Å². The Bertz CT molecular complexity index is 617. The highest BCUT2D eigenvalue weighted by molar-refractivity contribution is 7.87. The van der Waals surface area contributed by atoms with Crippen LogP contribution in [0.15, 0.2) is 0 Å². The van der Waals surface area contributed by atoms with Gasteiger partial charge in [0.25, 0.3) is 5.00 Å². The number of rotatable bonds is 5. The molecule has 4 bridgehead atoms. The smallest absolute Gasteiger partial charge is 0.294 e. The van der Waals surface area contributed by atoms with Crippen molar-refractivity contribution in [1.82, 2.24) is 0 Å². The molecule has 0 aliphatic heterocycles. The van der Waals surface area contributed by atoms with E-state index in [1.807, 2.05) is 0 Å². The molecule has 0 amide bonds. The van der Waals surface area contributed by atoms with Crippen LogP contribution in [0.4, 0.5) is 4.39 Å². The summed E-state index contributed by atoms with van der Waals surface area (Å²) in [4.78, 5) is 13.3. The maximum atomic E-state index is 15.8. The summed E-state index contributed by atoms with van der Waals surface area (Å²) < 4.78 is 49.6. The first kappa shape index (κ1) is 17.9. The third-order valence-corrected chi connectivity index (χ3v) is 8.71. The molecule has 0 aromatic heterocycles. The van der Waals surface area contributed by atoms with E-state index in [0.29, 0.717) is 37.0 Å². The maximum absolute atomic E-state index is 15.8. The zero-order chi connectivity index (χ0) is 17.9. The summed E-state index contributed by atoms with van der Waals surface area (Å²) in [5.41, 5.74) is -0.853. The van der Waals surface area contributed by atoms with E-state index in [1.165, 1.54) is 0 Å². The summed E-state index contributed by atoms with van der Waals surface area (Å²) in [5, 5.41) is -3.11. The molecule has 6 heteroatoms. The van der Waals surface area contributed by atoms with Crippen molar-refractivity contribution < 1.29 is 22.2 Å². The van der Waals surface area contributed by atoms with Gasteiger partial charge in [0.2, 0.25) is 0 Å². The van der Waals surface area contributed by atoms with Crippen LogP contribution in [0.1, 0.15) is 77.0 Å². The van der Waals surface area contributed by atoms with Crippen LogP contribution in [0.2, 0.25) is 0 Å². The minimum Gasteiger partial charge on any atom is -0.294 e. The maximum Gasteiger partial charge on any atom is 0.307 e. The molecule has 5 aliphatic carbocycles. The molecule has 0 aromatic carbocycles. The van der Waals surface area contributed by atoms with E-state index in [9.17, 15) is 17.8 Å². The second kappa shape index (κ2) is 6.01. The topological polar surface area (TPSA) is 71.4 Å². The van der Waals surface area contributed by atoms with Crippen LogP contribution in [0, 0.1) is 29.1 Å². The van der Waals surface area contributed by atoms with Crippen molar-refractivity contribution in [2.45, 2.75) is 82.1 Å². The fraction of sp³-hybridized carbons (Fsp3) is 0.947. The second-order valence-electron chi connectivity index (χ2n) is 9.44. The van der Waals surface area contributed by atoms with Gasteiger partial charge in [-0.1, -0.05) is 32.1 Å². The zero-order valence-electron chi connectivity index (χ0n) is 14.8. The number of ketones is 1. The molecule has 1 N–H and O–H groups in total. The molecule has 5 rings (SSSR count). The minimum atomic E-state index is -5.07. The molecule has 0 spiro atoms. The van der Waals surface area contributed by atoms with Crippen molar-refractivity contribution in [1.29, 1.82) is 0 Å². The lowest BCUT2D eigenvalue weighted by Crippen LogP contribution is -2.58. The quantitative estimate of drug-likeness (QED) is 0.731. The van der Waals surface area contributed by atoms with Crippen LogP contribution in [0.5, 0.6) is 0 Å². The Balaban J connectivity index is 1.64. The van der Waals surface area contributed by atoms with Gasteiger partial charge in [0.05, 0.1) is 0 Å². The lowest BCUT2D eigenvalue weighted by Gasteiger charge is -2.56. The van der Waals surface area contributed by atoms with E-state index in [0.717, 1.165) is 51.4 Å². The first-order valence-electron chi connectivity index (χ1n) is 9.93. The Morgan fingerprint density at radius 1 is 1.00 bits per heavy atom. The zero-order valence-corrected chi connectivity index (χ0v) is 15.6. The minimum absolute atomic E-state index is 0.126. The van der Waals surface area contributed by atoms with Crippen molar-refractivity contribution in [3.63, 3.8) is 0 Å². The number of hydrogen-bond donors (Lipinski definition) is 1. The van der Waals surface area contributed by atoms with E-state index in [1.54, 1.807) is 0 Å². The second-order valence-corrected chi connectivity index (χ2v) is 11.0. The molecular weight excluding hydrogens is 343 g/mol. The molecule has 4 nitrogen and oxygen atoms in total. The summed E-state index contributed by atoms with van der Waals surface area (Å²) in [6, 6.07) is 0. The number of alkyl halides is 1. The fourth-order valence-corrected chi connectivity index (χ4v) is 7.76. The summed E-state index contributed by atoms with van der Waals surface area (Å²) in [6.07, 6.45) is 9.23. The summed E-state index contributed by atoms with van der Waals surface area (Å²) >= 11 is 0. The third kappa shape index (κ3) is 2.97. The normalized spacial score (nSPS) is 40.8. The number of halogens is 1. The summed E-state index contributed by atoms with van der Waals surface area (Å²) in [5.74, 6) is 0.340. The molecule has 1 atom stereocenters. The van der Waals surface area contributed by atoms with Crippen LogP contribution < -0.4 is 0 Å². The van der Waals surface area contributed by atoms with Gasteiger partial charge in [0, 0.05) is 11.8 Å². The molecule has 5 aliphatic rings. The molecule has 142 valence electrons. The van der Waals surface area contributed by atoms with Gasteiger partial charge in [-0.3, -0.25) is 9.35 Å². The van der Waals surface area contributed by atoms with Crippen LogP contribution in [0.3, 0.4) is 0 Å². The van der Waals surface area contributed by atoms with Crippen molar-refractivity contribution in [2.75, 3.05) is 0 Å². The number of carbonyl (C=O) groups is 1. The van der Waals surface area contributed by atoms with Crippen molar-refractivity contribution in [3.05, 3.63) is 0 Å². The summed E-state index contributed by atoms with van der Waals surface area (Å²) in [6.45, 7) is 0. The average Bonchev–Trinajstić information content (AvgIpc) is 2.52. The number of hydrogen-bond acceptors (Lipinski definition) is 3. The van der Waals surface area contributed by atoms with E-state index < -0.39 is 26.3 Å². The lowest BCUT2D eigenvalue weighted by molar-refractivity contribution is -0.152. The highest BCUT2D eigenvalue weighted by Crippen LogP contribution is 2.62. The molecule has 5 fully saturated rings. The Hall–Kier alpha value is -0.490. The molecule has 0 saturated heterocycles. The van der Waals surface area contributed by atoms with Gasteiger partial charge in [-0.15, -0.1) is 0 Å². The van der Waals surface area contributed by atoms with Gasteiger partial charge in [-0.25, -0.2) is 4.39 Å². The van der Waals surface area contributed by atoms with Gasteiger partial charge in [0.15, 0.2) is 5.78 Å². The van der Waals surface area contributed by atoms with Gasteiger partial charge in [-0.2, -0.15) is 8.42 Å². The Kier molecular flexibility index (Phi) is 4.31. The molecule has 5 saturated carbocycles.